The molecule has 2 atom stereocenters. The first kappa shape index (κ1) is 20.2. The van der Waals surface area contributed by atoms with Crippen LogP contribution in [0.2, 0.25) is 0 Å². The fourth-order valence-electron chi connectivity index (χ4n) is 3.92. The van der Waals surface area contributed by atoms with E-state index in [1.165, 1.54) is 0 Å². The summed E-state index contributed by atoms with van der Waals surface area (Å²) in [5.74, 6) is 0.858. The molecule has 1 amide bonds. The van der Waals surface area contributed by atoms with Gasteiger partial charge in [0.05, 0.1) is 18.0 Å². The molecule has 0 bridgehead atoms. The third-order valence-corrected chi connectivity index (χ3v) is 5.60. The van der Waals surface area contributed by atoms with E-state index in [4.69, 9.17) is 4.74 Å². The Morgan fingerprint density at radius 3 is 2.90 bits per heavy atom. The predicted octanol–water partition coefficient (Wildman–Crippen LogP) is 2.80. The molecule has 30 heavy (non-hydrogen) atoms. The molecule has 3 aromatic rings. The Morgan fingerprint density at radius 2 is 2.10 bits per heavy atom. The first-order chi connectivity index (χ1) is 14.7. The number of rotatable bonds is 8. The van der Waals surface area contributed by atoms with E-state index in [-0.39, 0.29) is 18.0 Å². The molecule has 1 aliphatic rings. The fraction of sp³-hybridized carbons (Fsp3) is 0.409. The molecular formula is C22H28N6O2. The molecule has 1 aromatic carbocycles. The molecule has 2 aromatic heterocycles. The van der Waals surface area contributed by atoms with Gasteiger partial charge >= 0.3 is 0 Å². The van der Waals surface area contributed by atoms with Gasteiger partial charge in [0.1, 0.15) is 17.8 Å². The number of fused-ring (bicyclic) bond motifs is 1. The number of hydrogen-bond donors (Lipinski definition) is 3. The molecule has 0 aliphatic carbocycles. The second-order valence-electron chi connectivity index (χ2n) is 7.44. The number of nitrogens with zero attached hydrogens (tertiary/aromatic N) is 3. The summed E-state index contributed by atoms with van der Waals surface area (Å²) in [7, 11) is 0. The van der Waals surface area contributed by atoms with Crippen LogP contribution < -0.4 is 15.5 Å². The maximum absolute atomic E-state index is 12.8. The molecule has 1 saturated heterocycles. The van der Waals surface area contributed by atoms with E-state index in [2.05, 4.69) is 37.4 Å². The van der Waals surface area contributed by atoms with Gasteiger partial charge in [-0.15, -0.1) is 0 Å². The van der Waals surface area contributed by atoms with Crippen molar-refractivity contribution in [2.24, 2.45) is 0 Å². The molecule has 0 radical (unpaired) electrons. The van der Waals surface area contributed by atoms with Gasteiger partial charge in [-0.05, 0) is 50.6 Å². The molecule has 0 saturated carbocycles. The topological polar surface area (TPSA) is 95.2 Å². The summed E-state index contributed by atoms with van der Waals surface area (Å²) in [5.41, 5.74) is 2.46. The van der Waals surface area contributed by atoms with E-state index < -0.39 is 0 Å². The van der Waals surface area contributed by atoms with Crippen LogP contribution in [-0.4, -0.2) is 59.2 Å². The van der Waals surface area contributed by atoms with Gasteiger partial charge in [-0.1, -0.05) is 0 Å². The van der Waals surface area contributed by atoms with Gasteiger partial charge in [0.2, 0.25) is 0 Å². The number of aromatic amines is 1. The van der Waals surface area contributed by atoms with Crippen LogP contribution in [0.5, 0.6) is 0 Å². The van der Waals surface area contributed by atoms with Crippen molar-refractivity contribution in [1.29, 1.82) is 0 Å². The zero-order valence-electron chi connectivity index (χ0n) is 17.4. The highest BCUT2D eigenvalue weighted by Gasteiger charge is 2.33. The monoisotopic (exact) mass is 408 g/mol. The summed E-state index contributed by atoms with van der Waals surface area (Å²) in [5, 5.41) is 7.48. The Kier molecular flexibility index (Phi) is 6.13. The van der Waals surface area contributed by atoms with Gasteiger partial charge < -0.3 is 25.3 Å². The summed E-state index contributed by atoms with van der Waals surface area (Å²) in [4.78, 5) is 26.9. The number of carbonyl (C=O) groups excluding carboxylic acids is 1. The minimum absolute atomic E-state index is 0.0518. The van der Waals surface area contributed by atoms with Crippen LogP contribution in [0.15, 0.2) is 42.9 Å². The maximum atomic E-state index is 12.8. The van der Waals surface area contributed by atoms with Crippen molar-refractivity contribution in [3.63, 3.8) is 0 Å². The lowest BCUT2D eigenvalue weighted by Crippen LogP contribution is -2.43. The number of carbonyl (C=O) groups is 1. The van der Waals surface area contributed by atoms with Gasteiger partial charge in [-0.3, -0.25) is 4.79 Å². The molecule has 8 heteroatoms. The number of anilines is 2. The van der Waals surface area contributed by atoms with Gasteiger partial charge in [-0.2, -0.15) is 0 Å². The highest BCUT2D eigenvalue weighted by Crippen LogP contribution is 2.29. The van der Waals surface area contributed by atoms with Crippen LogP contribution in [0.3, 0.4) is 0 Å². The molecule has 3 N–H and O–H groups in total. The minimum Gasteiger partial charge on any atom is -0.383 e. The van der Waals surface area contributed by atoms with Gasteiger partial charge in [0.15, 0.2) is 0 Å². The fourth-order valence-corrected chi connectivity index (χ4v) is 3.92. The van der Waals surface area contributed by atoms with Crippen molar-refractivity contribution in [3.05, 3.63) is 48.4 Å². The average molecular weight is 409 g/mol. The third-order valence-electron chi connectivity index (χ3n) is 5.60. The lowest BCUT2D eigenvalue weighted by molar-refractivity contribution is 0.0935. The summed E-state index contributed by atoms with van der Waals surface area (Å²) in [6.45, 7) is 7.07. The number of ether oxygens (including phenoxy) is 1. The van der Waals surface area contributed by atoms with E-state index in [1.807, 2.05) is 43.5 Å². The van der Waals surface area contributed by atoms with Gasteiger partial charge in [0, 0.05) is 43.2 Å². The predicted molar refractivity (Wildman–Crippen MR) is 118 cm³/mol. The minimum atomic E-state index is -0.0518. The van der Waals surface area contributed by atoms with E-state index in [0.29, 0.717) is 18.8 Å². The summed E-state index contributed by atoms with van der Waals surface area (Å²) in [6, 6.07) is 9.75. The molecule has 3 heterocycles. The summed E-state index contributed by atoms with van der Waals surface area (Å²) >= 11 is 0. The van der Waals surface area contributed by atoms with Crippen LogP contribution in [0, 0.1) is 0 Å². The lowest BCUT2D eigenvalue weighted by Gasteiger charge is -2.26. The normalized spacial score (nSPS) is 18.7. The molecule has 1 aliphatic heterocycles. The number of H-pyrrole nitrogens is 1. The summed E-state index contributed by atoms with van der Waals surface area (Å²) < 4.78 is 5.32. The van der Waals surface area contributed by atoms with Gasteiger partial charge in [-0.25, -0.2) is 9.97 Å². The average Bonchev–Trinajstić information content (AvgIpc) is 3.39. The number of hydrogen-bond acceptors (Lipinski definition) is 6. The molecule has 1 fully saturated rings. The number of aromatic nitrogens is 3. The van der Waals surface area contributed by atoms with Gasteiger partial charge in [0.25, 0.3) is 5.91 Å². The van der Waals surface area contributed by atoms with Crippen molar-refractivity contribution >= 4 is 28.4 Å². The molecule has 2 unspecified atom stereocenters. The first-order valence-electron chi connectivity index (χ1n) is 10.4. The Balaban J connectivity index is 1.36. The number of amides is 1. The second kappa shape index (κ2) is 9.13. The van der Waals surface area contributed by atoms with Crippen LogP contribution in [0.25, 0.3) is 11.0 Å². The van der Waals surface area contributed by atoms with E-state index in [9.17, 15) is 4.79 Å². The second-order valence-corrected chi connectivity index (χ2v) is 7.44. The smallest absolute Gasteiger partial charge is 0.251 e. The quantitative estimate of drug-likeness (QED) is 0.496. The molecule has 4 rings (SSSR count). The summed E-state index contributed by atoms with van der Waals surface area (Å²) in [6.07, 6.45) is 4.33. The van der Waals surface area contributed by atoms with E-state index in [1.54, 1.807) is 6.33 Å². The molecule has 0 spiro atoms. The highest BCUT2D eigenvalue weighted by molar-refractivity contribution is 5.95. The molecule has 8 nitrogen and oxygen atoms in total. The van der Waals surface area contributed by atoms with Crippen LogP contribution in [0.1, 0.15) is 30.6 Å². The first-order valence-corrected chi connectivity index (χ1v) is 10.4. The lowest BCUT2D eigenvalue weighted by atomic mass is 10.1. The highest BCUT2D eigenvalue weighted by atomic mass is 16.5. The number of benzene rings is 1. The van der Waals surface area contributed by atoms with Crippen molar-refractivity contribution in [2.45, 2.75) is 32.4 Å². The number of nitrogens with one attached hydrogen (secondary N) is 3. The third kappa shape index (κ3) is 4.23. The molecular weight excluding hydrogens is 380 g/mol. The Morgan fingerprint density at radius 1 is 1.27 bits per heavy atom. The van der Waals surface area contributed by atoms with Crippen LogP contribution >= 0.6 is 0 Å². The van der Waals surface area contributed by atoms with E-state index >= 15 is 0 Å². The zero-order chi connectivity index (χ0) is 20.9. The Bertz CT molecular complexity index is 987. The largest absolute Gasteiger partial charge is 0.383 e. The van der Waals surface area contributed by atoms with Crippen LogP contribution in [0.4, 0.5) is 11.5 Å². The maximum Gasteiger partial charge on any atom is 0.251 e. The molecule has 158 valence electrons. The zero-order valence-corrected chi connectivity index (χ0v) is 17.4. The van der Waals surface area contributed by atoms with Crippen molar-refractivity contribution in [3.8, 4) is 0 Å². The van der Waals surface area contributed by atoms with E-state index in [0.717, 1.165) is 42.0 Å². The van der Waals surface area contributed by atoms with Crippen molar-refractivity contribution < 1.29 is 9.53 Å². The van der Waals surface area contributed by atoms with Crippen molar-refractivity contribution in [1.82, 2.24) is 20.3 Å². The standard InChI is InChI=1S/C22H28N6O2/c1-3-30-13-11-23-17-6-4-16(5-7-17)22(29)27-19-9-12-28(15(19)2)21-18-8-10-24-20(18)25-14-26-21/h4-8,10,14-15,19,23H,3,9,11-13H2,1-2H3,(H,27,29)(H,24,25,26). The van der Waals surface area contributed by atoms with Crippen molar-refractivity contribution in [2.75, 3.05) is 36.5 Å². The Hall–Kier alpha value is -3.13. The SMILES string of the molecule is CCOCCNc1ccc(C(=O)NC2CCN(c3ncnc4[nH]ccc34)C2C)cc1. The Labute approximate surface area is 176 Å². The van der Waals surface area contributed by atoms with Crippen LogP contribution in [-0.2, 0) is 4.74 Å².